The number of amides is 2. The van der Waals surface area contributed by atoms with Gasteiger partial charge in [0.15, 0.2) is 0 Å². The highest BCUT2D eigenvalue weighted by Crippen LogP contribution is 2.27. The zero-order valence-electron chi connectivity index (χ0n) is 23.4. The van der Waals surface area contributed by atoms with Gasteiger partial charge in [0.05, 0.1) is 17.2 Å². The van der Waals surface area contributed by atoms with E-state index in [0.29, 0.717) is 17.9 Å². The molecule has 0 radical (unpaired) electrons. The maximum absolute atomic E-state index is 13.9. The standard InChI is InChI=1S/C30H36FN3O5S/c1-6-39-27-15-13-26(14-16-27)34(40(37,38)28-17-7-22(4)8-18-28)20-29(35)33(23(5)30(36)32-21(2)3)19-24-9-11-25(31)12-10-24/h7-18,21,23H,6,19-20H2,1-5H3,(H,32,36)/t23-/m1/s1. The fourth-order valence-corrected chi connectivity index (χ4v) is 5.43. The molecule has 0 unspecified atom stereocenters. The van der Waals surface area contributed by atoms with E-state index in [-0.39, 0.29) is 29.1 Å². The Hall–Kier alpha value is -3.92. The predicted molar refractivity (Wildman–Crippen MR) is 153 cm³/mol. The Morgan fingerprint density at radius 2 is 1.52 bits per heavy atom. The van der Waals surface area contributed by atoms with Crippen molar-refractivity contribution in [2.24, 2.45) is 0 Å². The number of ether oxygens (including phenoxy) is 1. The number of carbonyl (C=O) groups is 2. The molecule has 0 saturated heterocycles. The molecule has 3 aromatic carbocycles. The number of carbonyl (C=O) groups excluding carboxylic acids is 2. The van der Waals surface area contributed by atoms with Gasteiger partial charge >= 0.3 is 0 Å². The molecule has 0 aliphatic carbocycles. The van der Waals surface area contributed by atoms with Crippen LogP contribution in [0.3, 0.4) is 0 Å². The number of halogens is 1. The third kappa shape index (κ3) is 7.81. The van der Waals surface area contributed by atoms with E-state index < -0.39 is 34.3 Å². The first-order chi connectivity index (χ1) is 18.9. The largest absolute Gasteiger partial charge is 0.494 e. The molecule has 40 heavy (non-hydrogen) atoms. The lowest BCUT2D eigenvalue weighted by atomic mass is 10.1. The summed E-state index contributed by atoms with van der Waals surface area (Å²) in [5.74, 6) is -0.861. The van der Waals surface area contributed by atoms with E-state index in [1.165, 1.54) is 41.3 Å². The van der Waals surface area contributed by atoms with Crippen LogP contribution in [0, 0.1) is 12.7 Å². The lowest BCUT2D eigenvalue weighted by Crippen LogP contribution is -2.52. The lowest BCUT2D eigenvalue weighted by Gasteiger charge is -2.32. The normalized spacial score (nSPS) is 12.1. The second-order valence-electron chi connectivity index (χ2n) is 9.74. The van der Waals surface area contributed by atoms with E-state index in [1.54, 1.807) is 57.2 Å². The van der Waals surface area contributed by atoms with Gasteiger partial charge in [-0.25, -0.2) is 12.8 Å². The summed E-state index contributed by atoms with van der Waals surface area (Å²) in [6.07, 6.45) is 0. The molecule has 214 valence electrons. The van der Waals surface area contributed by atoms with Crippen molar-refractivity contribution in [1.29, 1.82) is 0 Å². The van der Waals surface area contributed by atoms with E-state index in [4.69, 9.17) is 4.74 Å². The van der Waals surface area contributed by atoms with Gasteiger partial charge in [0, 0.05) is 12.6 Å². The molecular formula is C30H36FN3O5S. The Bertz CT molecular complexity index is 1390. The van der Waals surface area contributed by atoms with E-state index >= 15 is 0 Å². The number of rotatable bonds is 12. The van der Waals surface area contributed by atoms with Crippen LogP contribution in [-0.2, 0) is 26.2 Å². The van der Waals surface area contributed by atoms with Crippen molar-refractivity contribution in [3.63, 3.8) is 0 Å². The van der Waals surface area contributed by atoms with Gasteiger partial charge in [-0.1, -0.05) is 29.8 Å². The van der Waals surface area contributed by atoms with Crippen LogP contribution in [0.4, 0.5) is 10.1 Å². The van der Waals surface area contributed by atoms with Crippen molar-refractivity contribution in [3.8, 4) is 5.75 Å². The molecule has 0 bridgehead atoms. The SMILES string of the molecule is CCOc1ccc(N(CC(=O)N(Cc2ccc(F)cc2)[C@H](C)C(=O)NC(C)C)S(=O)(=O)c2ccc(C)cc2)cc1. The molecule has 10 heteroatoms. The molecule has 0 saturated carbocycles. The third-order valence-electron chi connectivity index (χ3n) is 6.19. The summed E-state index contributed by atoms with van der Waals surface area (Å²) in [6.45, 7) is 8.73. The number of hydrogen-bond donors (Lipinski definition) is 1. The van der Waals surface area contributed by atoms with Crippen molar-refractivity contribution >= 4 is 27.5 Å². The van der Waals surface area contributed by atoms with Gasteiger partial charge in [-0.05, 0) is 88.7 Å². The molecular weight excluding hydrogens is 533 g/mol. The summed E-state index contributed by atoms with van der Waals surface area (Å²) in [7, 11) is -4.17. The zero-order valence-corrected chi connectivity index (χ0v) is 24.2. The molecule has 0 aliphatic rings. The fourth-order valence-electron chi connectivity index (χ4n) is 4.02. The zero-order chi connectivity index (χ0) is 29.4. The van der Waals surface area contributed by atoms with Crippen LogP contribution in [-0.4, -0.2) is 50.4 Å². The predicted octanol–water partition coefficient (Wildman–Crippen LogP) is 4.67. The first-order valence-corrected chi connectivity index (χ1v) is 14.5. The minimum atomic E-state index is -4.17. The molecule has 0 spiro atoms. The summed E-state index contributed by atoms with van der Waals surface area (Å²) in [4.78, 5) is 28.1. The van der Waals surface area contributed by atoms with Crippen LogP contribution in [0.25, 0.3) is 0 Å². The summed E-state index contributed by atoms with van der Waals surface area (Å²) in [5, 5.41) is 2.80. The van der Waals surface area contributed by atoms with E-state index in [0.717, 1.165) is 9.87 Å². The van der Waals surface area contributed by atoms with Crippen molar-refractivity contribution in [2.45, 2.75) is 58.1 Å². The van der Waals surface area contributed by atoms with Crippen molar-refractivity contribution in [3.05, 3.63) is 89.7 Å². The quantitative estimate of drug-likeness (QED) is 0.342. The average molecular weight is 570 g/mol. The minimum absolute atomic E-state index is 0.0203. The Morgan fingerprint density at radius 3 is 2.08 bits per heavy atom. The molecule has 1 N–H and O–H groups in total. The second kappa shape index (κ2) is 13.4. The van der Waals surface area contributed by atoms with Crippen LogP contribution >= 0.6 is 0 Å². The number of nitrogens with one attached hydrogen (secondary N) is 1. The van der Waals surface area contributed by atoms with Crippen molar-refractivity contribution in [1.82, 2.24) is 10.2 Å². The number of sulfonamides is 1. The van der Waals surface area contributed by atoms with E-state index in [9.17, 15) is 22.4 Å². The van der Waals surface area contributed by atoms with Crippen molar-refractivity contribution in [2.75, 3.05) is 17.5 Å². The maximum Gasteiger partial charge on any atom is 0.264 e. The molecule has 0 heterocycles. The minimum Gasteiger partial charge on any atom is -0.494 e. The molecule has 3 rings (SSSR count). The molecule has 3 aromatic rings. The molecule has 2 amide bonds. The number of benzene rings is 3. The number of anilines is 1. The van der Waals surface area contributed by atoms with Gasteiger partial charge in [-0.2, -0.15) is 0 Å². The first-order valence-electron chi connectivity index (χ1n) is 13.1. The molecule has 8 nitrogen and oxygen atoms in total. The van der Waals surface area contributed by atoms with E-state index in [2.05, 4.69) is 5.32 Å². The highest BCUT2D eigenvalue weighted by molar-refractivity contribution is 7.92. The van der Waals surface area contributed by atoms with Gasteiger partial charge < -0.3 is 15.0 Å². The van der Waals surface area contributed by atoms with Gasteiger partial charge in [0.1, 0.15) is 24.2 Å². The van der Waals surface area contributed by atoms with Crippen LogP contribution in [0.15, 0.2) is 77.7 Å². The highest BCUT2D eigenvalue weighted by Gasteiger charge is 2.32. The first kappa shape index (κ1) is 30.6. The molecule has 0 aliphatic heterocycles. The fraction of sp³-hybridized carbons (Fsp3) is 0.333. The Kier molecular flexibility index (Phi) is 10.3. The van der Waals surface area contributed by atoms with Gasteiger partial charge in [-0.15, -0.1) is 0 Å². The monoisotopic (exact) mass is 569 g/mol. The summed E-state index contributed by atoms with van der Waals surface area (Å²) in [5.41, 5.74) is 1.74. The van der Waals surface area contributed by atoms with Gasteiger partial charge in [0.25, 0.3) is 10.0 Å². The maximum atomic E-state index is 13.9. The number of hydrogen-bond acceptors (Lipinski definition) is 5. The topological polar surface area (TPSA) is 96.0 Å². The highest BCUT2D eigenvalue weighted by atomic mass is 32.2. The summed E-state index contributed by atoms with van der Waals surface area (Å²) >= 11 is 0. The second-order valence-corrected chi connectivity index (χ2v) is 11.6. The third-order valence-corrected chi connectivity index (χ3v) is 7.98. The molecule has 0 aromatic heterocycles. The number of aryl methyl sites for hydroxylation is 1. The Labute approximate surface area is 235 Å². The Morgan fingerprint density at radius 1 is 0.925 bits per heavy atom. The smallest absolute Gasteiger partial charge is 0.264 e. The van der Waals surface area contributed by atoms with Gasteiger partial charge in [-0.3, -0.25) is 13.9 Å². The Balaban J connectivity index is 2.02. The number of nitrogens with zero attached hydrogens (tertiary/aromatic N) is 2. The van der Waals surface area contributed by atoms with Gasteiger partial charge in [0.2, 0.25) is 11.8 Å². The summed E-state index contributed by atoms with van der Waals surface area (Å²) in [6, 6.07) is 17.3. The lowest BCUT2D eigenvalue weighted by molar-refractivity contribution is -0.139. The van der Waals surface area contributed by atoms with Crippen LogP contribution in [0.1, 0.15) is 38.8 Å². The van der Waals surface area contributed by atoms with Crippen LogP contribution in [0.2, 0.25) is 0 Å². The molecule has 0 fully saturated rings. The van der Waals surface area contributed by atoms with Crippen LogP contribution < -0.4 is 14.4 Å². The summed E-state index contributed by atoms with van der Waals surface area (Å²) < 4.78 is 47.8. The average Bonchev–Trinajstić information content (AvgIpc) is 2.91. The molecule has 1 atom stereocenters. The van der Waals surface area contributed by atoms with Crippen molar-refractivity contribution < 1.29 is 27.1 Å². The van der Waals surface area contributed by atoms with Crippen LogP contribution in [0.5, 0.6) is 5.75 Å². The van der Waals surface area contributed by atoms with E-state index in [1.807, 2.05) is 13.8 Å².